The largest absolute Gasteiger partial charge is 0.383 e. The lowest BCUT2D eigenvalue weighted by Crippen LogP contribution is -2.01. The number of nitrogens with zero attached hydrogens (tertiary/aromatic N) is 4. The van der Waals surface area contributed by atoms with Crippen LogP contribution in [-0.4, -0.2) is 19.9 Å². The number of anilines is 1. The van der Waals surface area contributed by atoms with E-state index in [9.17, 15) is 0 Å². The molecule has 0 radical (unpaired) electrons. The lowest BCUT2D eigenvalue weighted by molar-refractivity contribution is 0.422. The van der Waals surface area contributed by atoms with Crippen molar-refractivity contribution in [2.75, 3.05) is 5.73 Å². The molecule has 0 aliphatic rings. The Bertz CT molecular complexity index is 701. The van der Waals surface area contributed by atoms with E-state index in [-0.39, 0.29) is 0 Å². The van der Waals surface area contributed by atoms with Crippen LogP contribution in [0, 0.1) is 0 Å². The number of rotatable bonds is 4. The van der Waals surface area contributed by atoms with Crippen molar-refractivity contribution >= 4 is 5.82 Å². The maximum absolute atomic E-state index is 6.12. The summed E-state index contributed by atoms with van der Waals surface area (Å²) in [7, 11) is 0. The summed E-state index contributed by atoms with van der Waals surface area (Å²) >= 11 is 0. The van der Waals surface area contributed by atoms with Gasteiger partial charge in [0.05, 0.1) is 11.9 Å². The summed E-state index contributed by atoms with van der Waals surface area (Å²) in [6.07, 6.45) is 3.40. The van der Waals surface area contributed by atoms with Crippen LogP contribution < -0.4 is 5.73 Å². The van der Waals surface area contributed by atoms with Gasteiger partial charge < -0.3 is 10.3 Å². The first-order chi connectivity index (χ1) is 9.79. The molecule has 1 aromatic carbocycles. The first kappa shape index (κ1) is 12.4. The molecule has 0 atom stereocenters. The van der Waals surface area contributed by atoms with Crippen molar-refractivity contribution in [2.45, 2.75) is 19.8 Å². The fourth-order valence-electron chi connectivity index (χ4n) is 1.99. The van der Waals surface area contributed by atoms with Gasteiger partial charge in [0.2, 0.25) is 0 Å². The van der Waals surface area contributed by atoms with Crippen molar-refractivity contribution in [2.24, 2.45) is 0 Å². The molecule has 0 fully saturated rings. The Morgan fingerprint density at radius 2 is 2.05 bits per heavy atom. The summed E-state index contributed by atoms with van der Waals surface area (Å²) < 4.78 is 6.89. The topological polar surface area (TPSA) is 82.8 Å². The number of hydrogen-bond donors (Lipinski definition) is 1. The summed E-state index contributed by atoms with van der Waals surface area (Å²) in [6, 6.07) is 9.68. The summed E-state index contributed by atoms with van der Waals surface area (Å²) in [4.78, 5) is 4.33. The van der Waals surface area contributed by atoms with Gasteiger partial charge in [0.15, 0.2) is 5.82 Å². The van der Waals surface area contributed by atoms with E-state index in [1.807, 2.05) is 30.3 Å². The third kappa shape index (κ3) is 2.16. The summed E-state index contributed by atoms with van der Waals surface area (Å²) in [5.41, 5.74) is 7.67. The zero-order valence-electron chi connectivity index (χ0n) is 11.2. The van der Waals surface area contributed by atoms with Crippen molar-refractivity contribution < 1.29 is 4.52 Å². The lowest BCUT2D eigenvalue weighted by Gasteiger charge is -2.03. The van der Waals surface area contributed by atoms with Crippen molar-refractivity contribution in [1.82, 2.24) is 19.9 Å². The van der Waals surface area contributed by atoms with Crippen LogP contribution in [0.1, 0.15) is 19.2 Å². The molecule has 2 heterocycles. The third-order valence-electron chi connectivity index (χ3n) is 2.98. The molecule has 0 aliphatic heterocycles. The zero-order chi connectivity index (χ0) is 13.9. The van der Waals surface area contributed by atoms with Crippen molar-refractivity contribution in [3.8, 4) is 17.1 Å². The van der Waals surface area contributed by atoms with Crippen LogP contribution in [0.2, 0.25) is 0 Å². The second-order valence-electron chi connectivity index (χ2n) is 4.46. The lowest BCUT2D eigenvalue weighted by atomic mass is 10.3. The molecule has 0 bridgehead atoms. The minimum atomic E-state index is 0.410. The van der Waals surface area contributed by atoms with Crippen LogP contribution in [-0.2, 0) is 6.42 Å². The van der Waals surface area contributed by atoms with E-state index < -0.39 is 0 Å². The fourth-order valence-corrected chi connectivity index (χ4v) is 1.99. The Balaban J connectivity index is 1.97. The monoisotopic (exact) mass is 269 g/mol. The van der Waals surface area contributed by atoms with Crippen LogP contribution in [0.5, 0.6) is 0 Å². The van der Waals surface area contributed by atoms with Gasteiger partial charge in [-0.1, -0.05) is 30.3 Å². The van der Waals surface area contributed by atoms with Crippen LogP contribution in [0.15, 0.2) is 41.1 Å². The maximum atomic E-state index is 6.12. The zero-order valence-corrected chi connectivity index (χ0v) is 11.2. The van der Waals surface area contributed by atoms with Gasteiger partial charge in [0.1, 0.15) is 11.4 Å². The third-order valence-corrected chi connectivity index (χ3v) is 2.98. The number of aromatic nitrogens is 4. The molecule has 0 saturated heterocycles. The average Bonchev–Trinajstić information content (AvgIpc) is 3.07. The van der Waals surface area contributed by atoms with Gasteiger partial charge in [-0.3, -0.25) is 0 Å². The van der Waals surface area contributed by atoms with Gasteiger partial charge in [-0.15, -0.1) is 0 Å². The minimum Gasteiger partial charge on any atom is -0.383 e. The molecule has 2 aromatic heterocycles. The molecule has 3 aromatic rings. The van der Waals surface area contributed by atoms with E-state index in [1.165, 1.54) is 0 Å². The molecule has 0 amide bonds. The van der Waals surface area contributed by atoms with Crippen molar-refractivity contribution in [3.63, 3.8) is 0 Å². The Hall–Kier alpha value is -2.63. The first-order valence-electron chi connectivity index (χ1n) is 6.51. The highest BCUT2D eigenvalue weighted by Crippen LogP contribution is 2.26. The molecule has 3 rings (SSSR count). The van der Waals surface area contributed by atoms with E-state index in [0.29, 0.717) is 23.1 Å². The molecule has 0 spiro atoms. The molecule has 0 saturated carbocycles. The molecule has 2 N–H and O–H groups in total. The second-order valence-corrected chi connectivity index (χ2v) is 4.46. The molecule has 6 heteroatoms. The van der Waals surface area contributed by atoms with Gasteiger partial charge in [0, 0.05) is 6.42 Å². The Morgan fingerprint density at radius 3 is 2.80 bits per heavy atom. The van der Waals surface area contributed by atoms with Gasteiger partial charge >= 0.3 is 0 Å². The highest BCUT2D eigenvalue weighted by atomic mass is 16.5. The SMILES string of the molecule is CCCc1noc(-c2cnn(-c3ccccc3)c2N)n1. The van der Waals surface area contributed by atoms with Crippen molar-refractivity contribution in [1.29, 1.82) is 0 Å². The molecule has 6 nitrogen and oxygen atoms in total. The van der Waals surface area contributed by atoms with E-state index in [0.717, 1.165) is 18.5 Å². The van der Waals surface area contributed by atoms with Gasteiger partial charge in [-0.25, -0.2) is 4.68 Å². The minimum absolute atomic E-state index is 0.410. The smallest absolute Gasteiger partial charge is 0.263 e. The van der Waals surface area contributed by atoms with Crippen LogP contribution >= 0.6 is 0 Å². The normalized spacial score (nSPS) is 10.8. The molecule has 0 aliphatic carbocycles. The predicted molar refractivity (Wildman–Crippen MR) is 75.3 cm³/mol. The summed E-state index contributed by atoms with van der Waals surface area (Å²) in [5, 5.41) is 8.21. The van der Waals surface area contributed by atoms with Crippen LogP contribution in [0.3, 0.4) is 0 Å². The number of hydrogen-bond acceptors (Lipinski definition) is 5. The first-order valence-corrected chi connectivity index (χ1v) is 6.51. The fraction of sp³-hybridized carbons (Fsp3) is 0.214. The predicted octanol–water partition coefficient (Wildman–Crippen LogP) is 2.46. The van der Waals surface area contributed by atoms with E-state index in [2.05, 4.69) is 22.2 Å². The number of nitrogen functional groups attached to an aromatic ring is 1. The average molecular weight is 269 g/mol. The van der Waals surface area contributed by atoms with E-state index in [1.54, 1.807) is 10.9 Å². The van der Waals surface area contributed by atoms with Crippen molar-refractivity contribution in [3.05, 3.63) is 42.4 Å². The quantitative estimate of drug-likeness (QED) is 0.786. The summed E-state index contributed by atoms with van der Waals surface area (Å²) in [6.45, 7) is 2.07. The molecular weight excluding hydrogens is 254 g/mol. The van der Waals surface area contributed by atoms with E-state index in [4.69, 9.17) is 10.3 Å². The molecular formula is C14H15N5O. The molecule has 102 valence electrons. The second kappa shape index (κ2) is 5.16. The highest BCUT2D eigenvalue weighted by Gasteiger charge is 2.16. The number of para-hydroxylation sites is 1. The molecule has 20 heavy (non-hydrogen) atoms. The Kier molecular flexibility index (Phi) is 3.20. The number of benzene rings is 1. The van der Waals surface area contributed by atoms with Gasteiger partial charge in [0.25, 0.3) is 5.89 Å². The van der Waals surface area contributed by atoms with Gasteiger partial charge in [-0.05, 0) is 18.6 Å². The molecule has 0 unspecified atom stereocenters. The van der Waals surface area contributed by atoms with Gasteiger partial charge in [-0.2, -0.15) is 10.1 Å². The Labute approximate surface area is 116 Å². The maximum Gasteiger partial charge on any atom is 0.263 e. The van der Waals surface area contributed by atoms with E-state index >= 15 is 0 Å². The van der Waals surface area contributed by atoms with Crippen LogP contribution in [0.25, 0.3) is 17.1 Å². The highest BCUT2D eigenvalue weighted by molar-refractivity contribution is 5.68. The summed E-state index contributed by atoms with van der Waals surface area (Å²) in [5.74, 6) is 1.59. The Morgan fingerprint density at radius 1 is 1.25 bits per heavy atom. The standard InChI is InChI=1S/C14H15N5O/c1-2-6-12-17-14(20-18-12)11-9-16-19(13(11)15)10-7-4-3-5-8-10/h3-5,7-9H,2,6,15H2,1H3. The number of nitrogens with two attached hydrogens (primary N) is 1. The van der Waals surface area contributed by atoms with Crippen LogP contribution in [0.4, 0.5) is 5.82 Å². The number of aryl methyl sites for hydroxylation is 1.